The van der Waals surface area contributed by atoms with Crippen LogP contribution in [-0.4, -0.2) is 51.5 Å². The van der Waals surface area contributed by atoms with Crippen molar-refractivity contribution in [3.05, 3.63) is 71.5 Å². The summed E-state index contributed by atoms with van der Waals surface area (Å²) in [7, 11) is 0. The van der Waals surface area contributed by atoms with E-state index in [2.05, 4.69) is 55.0 Å². The summed E-state index contributed by atoms with van der Waals surface area (Å²) in [6.07, 6.45) is 1.97. The van der Waals surface area contributed by atoms with Crippen molar-refractivity contribution >= 4 is 11.4 Å². The van der Waals surface area contributed by atoms with Crippen LogP contribution in [0.5, 0.6) is 0 Å². The zero-order valence-electron chi connectivity index (χ0n) is 16.9. The predicted octanol–water partition coefficient (Wildman–Crippen LogP) is 3.59. The van der Waals surface area contributed by atoms with Gasteiger partial charge in [0.05, 0.1) is 11.2 Å². The fraction of sp³-hybridized carbons (Fsp3) is 0.391. The van der Waals surface area contributed by atoms with Gasteiger partial charge < -0.3 is 4.90 Å². The first-order chi connectivity index (χ1) is 13.4. The Morgan fingerprint density at radius 3 is 2.36 bits per heavy atom. The second-order valence-corrected chi connectivity index (χ2v) is 8.60. The fourth-order valence-electron chi connectivity index (χ4n) is 3.70. The summed E-state index contributed by atoms with van der Waals surface area (Å²) in [5.41, 5.74) is 4.32. The van der Waals surface area contributed by atoms with E-state index in [4.69, 9.17) is 0 Å². The number of rotatable bonds is 3. The minimum absolute atomic E-state index is 0.102. The van der Waals surface area contributed by atoms with Gasteiger partial charge in [-0.05, 0) is 41.3 Å². The number of benzene rings is 1. The number of aromatic nitrogens is 2. The average Bonchev–Trinajstić information content (AvgIpc) is 3.10. The van der Waals surface area contributed by atoms with Gasteiger partial charge >= 0.3 is 0 Å². The lowest BCUT2D eigenvalue weighted by Gasteiger charge is -2.34. The van der Waals surface area contributed by atoms with Crippen LogP contribution < -0.4 is 0 Å². The molecule has 1 aliphatic heterocycles. The molecule has 146 valence electrons. The molecule has 2 aromatic heterocycles. The van der Waals surface area contributed by atoms with E-state index in [1.807, 2.05) is 39.9 Å². The van der Waals surface area contributed by atoms with Gasteiger partial charge in [-0.3, -0.25) is 9.69 Å². The number of hydrogen-bond donors (Lipinski definition) is 0. The first kappa shape index (κ1) is 18.7. The Kier molecular flexibility index (Phi) is 4.94. The Morgan fingerprint density at radius 1 is 1.00 bits per heavy atom. The summed E-state index contributed by atoms with van der Waals surface area (Å²) in [4.78, 5) is 17.2. The average molecular weight is 377 g/mol. The van der Waals surface area contributed by atoms with E-state index in [1.54, 1.807) is 0 Å². The van der Waals surface area contributed by atoms with Gasteiger partial charge in [-0.25, -0.2) is 4.52 Å². The smallest absolute Gasteiger partial charge is 0.253 e. The summed E-state index contributed by atoms with van der Waals surface area (Å²) in [5.74, 6) is 0.132. The molecule has 28 heavy (non-hydrogen) atoms. The molecule has 0 bridgehead atoms. The molecule has 1 fully saturated rings. The van der Waals surface area contributed by atoms with E-state index in [1.165, 1.54) is 5.56 Å². The molecule has 0 unspecified atom stereocenters. The molecule has 0 N–H and O–H groups in total. The van der Waals surface area contributed by atoms with Crippen molar-refractivity contribution in [2.24, 2.45) is 0 Å². The minimum atomic E-state index is 0.102. The van der Waals surface area contributed by atoms with Gasteiger partial charge in [-0.2, -0.15) is 5.10 Å². The van der Waals surface area contributed by atoms with Gasteiger partial charge in [0.1, 0.15) is 0 Å². The topological polar surface area (TPSA) is 40.9 Å². The number of carbonyl (C=O) groups excluding carboxylic acids is 1. The van der Waals surface area contributed by atoms with E-state index < -0.39 is 0 Å². The first-order valence-corrected chi connectivity index (χ1v) is 9.96. The maximum Gasteiger partial charge on any atom is 0.253 e. The third-order valence-electron chi connectivity index (χ3n) is 5.46. The SMILES string of the molecule is CC(C)(C)c1ccc(C(=O)N2CCN(Cc3cc4ccccn4n3)CC2)cc1. The van der Waals surface area contributed by atoms with Crippen LogP contribution >= 0.6 is 0 Å². The highest BCUT2D eigenvalue weighted by Crippen LogP contribution is 2.22. The fourth-order valence-corrected chi connectivity index (χ4v) is 3.70. The molecule has 1 aliphatic rings. The van der Waals surface area contributed by atoms with Crippen LogP contribution in [-0.2, 0) is 12.0 Å². The number of nitrogens with zero attached hydrogens (tertiary/aromatic N) is 4. The molecule has 1 saturated heterocycles. The Balaban J connectivity index is 1.35. The van der Waals surface area contributed by atoms with E-state index in [9.17, 15) is 4.79 Å². The van der Waals surface area contributed by atoms with Crippen LogP contribution in [0.3, 0.4) is 0 Å². The number of carbonyl (C=O) groups is 1. The highest BCUT2D eigenvalue weighted by Gasteiger charge is 2.23. The third-order valence-corrected chi connectivity index (χ3v) is 5.46. The summed E-state index contributed by atoms with van der Waals surface area (Å²) in [6.45, 7) is 10.6. The highest BCUT2D eigenvalue weighted by molar-refractivity contribution is 5.94. The van der Waals surface area contributed by atoms with Gasteiger partial charge in [-0.15, -0.1) is 0 Å². The van der Waals surface area contributed by atoms with Crippen LogP contribution in [0.1, 0.15) is 42.4 Å². The Morgan fingerprint density at radius 2 is 1.71 bits per heavy atom. The zero-order chi connectivity index (χ0) is 19.7. The van der Waals surface area contributed by atoms with Gasteiger partial charge in [-0.1, -0.05) is 39.0 Å². The van der Waals surface area contributed by atoms with Gasteiger partial charge in [0.15, 0.2) is 0 Å². The predicted molar refractivity (Wildman–Crippen MR) is 112 cm³/mol. The Hall–Kier alpha value is -2.66. The lowest BCUT2D eigenvalue weighted by atomic mass is 9.86. The molecule has 3 heterocycles. The molecule has 5 heteroatoms. The van der Waals surface area contributed by atoms with Crippen LogP contribution in [0, 0.1) is 0 Å². The number of amides is 1. The summed E-state index contributed by atoms with van der Waals surface area (Å²) < 4.78 is 1.91. The quantitative estimate of drug-likeness (QED) is 0.701. The van der Waals surface area contributed by atoms with Crippen LogP contribution in [0.25, 0.3) is 5.52 Å². The molecular formula is C23H28N4O. The molecule has 0 atom stereocenters. The normalized spacial score (nSPS) is 15.9. The molecule has 0 saturated carbocycles. The van der Waals surface area contributed by atoms with E-state index in [0.717, 1.165) is 49.5 Å². The van der Waals surface area contributed by atoms with E-state index in [0.29, 0.717) is 0 Å². The van der Waals surface area contributed by atoms with Crippen molar-refractivity contribution in [3.8, 4) is 0 Å². The third kappa shape index (κ3) is 3.94. The standard InChI is InChI=1S/C23H28N4O/c1-23(2,3)19-9-7-18(8-10-19)22(28)26-14-12-25(13-15-26)17-20-16-21-6-4-5-11-27(21)24-20/h4-11,16H,12-15,17H2,1-3H3. The van der Waals surface area contributed by atoms with E-state index >= 15 is 0 Å². The largest absolute Gasteiger partial charge is 0.336 e. The first-order valence-electron chi connectivity index (χ1n) is 9.96. The second-order valence-electron chi connectivity index (χ2n) is 8.60. The number of fused-ring (bicyclic) bond motifs is 1. The van der Waals surface area contributed by atoms with Crippen molar-refractivity contribution in [1.29, 1.82) is 0 Å². The highest BCUT2D eigenvalue weighted by atomic mass is 16.2. The molecule has 1 aromatic carbocycles. The number of piperazine rings is 1. The lowest BCUT2D eigenvalue weighted by molar-refractivity contribution is 0.0627. The molecule has 3 aromatic rings. The van der Waals surface area contributed by atoms with Crippen molar-refractivity contribution in [2.75, 3.05) is 26.2 Å². The van der Waals surface area contributed by atoms with Gasteiger partial charge in [0.2, 0.25) is 0 Å². The monoisotopic (exact) mass is 376 g/mol. The Bertz CT molecular complexity index is 927. The maximum absolute atomic E-state index is 12.8. The summed E-state index contributed by atoms with van der Waals surface area (Å²) in [6, 6.07) is 16.3. The molecule has 0 aliphatic carbocycles. The lowest BCUT2D eigenvalue weighted by Crippen LogP contribution is -2.48. The maximum atomic E-state index is 12.8. The number of pyridine rings is 1. The van der Waals surface area contributed by atoms with Crippen LogP contribution in [0.15, 0.2) is 54.7 Å². The van der Waals surface area contributed by atoms with Gasteiger partial charge in [0, 0.05) is 44.5 Å². The molecule has 0 radical (unpaired) electrons. The Labute approximate surface area is 166 Å². The van der Waals surface area contributed by atoms with Crippen molar-refractivity contribution < 1.29 is 4.79 Å². The second kappa shape index (κ2) is 7.40. The molecule has 0 spiro atoms. The van der Waals surface area contributed by atoms with Crippen molar-refractivity contribution in [2.45, 2.75) is 32.7 Å². The van der Waals surface area contributed by atoms with Crippen LogP contribution in [0.2, 0.25) is 0 Å². The van der Waals surface area contributed by atoms with Crippen molar-refractivity contribution in [1.82, 2.24) is 19.4 Å². The van der Waals surface area contributed by atoms with Crippen LogP contribution in [0.4, 0.5) is 0 Å². The molecular weight excluding hydrogens is 348 g/mol. The number of hydrogen-bond acceptors (Lipinski definition) is 3. The van der Waals surface area contributed by atoms with Gasteiger partial charge in [0.25, 0.3) is 5.91 Å². The summed E-state index contributed by atoms with van der Waals surface area (Å²) in [5, 5.41) is 4.63. The van der Waals surface area contributed by atoms with Crippen molar-refractivity contribution in [3.63, 3.8) is 0 Å². The molecule has 5 nitrogen and oxygen atoms in total. The zero-order valence-corrected chi connectivity index (χ0v) is 16.9. The molecule has 1 amide bonds. The summed E-state index contributed by atoms with van der Waals surface area (Å²) >= 11 is 0. The molecule has 4 rings (SSSR count). The minimum Gasteiger partial charge on any atom is -0.336 e. The van der Waals surface area contributed by atoms with E-state index in [-0.39, 0.29) is 11.3 Å².